The summed E-state index contributed by atoms with van der Waals surface area (Å²) in [5, 5.41) is 9.35. The van der Waals surface area contributed by atoms with E-state index in [-0.39, 0.29) is 0 Å². The quantitative estimate of drug-likeness (QED) is 0.419. The predicted octanol–water partition coefficient (Wildman–Crippen LogP) is 2.68. The van der Waals surface area contributed by atoms with Gasteiger partial charge >= 0.3 is 0 Å². The molecular formula is C21H18N6O2S. The molecule has 0 atom stereocenters. The minimum Gasteiger partial charge on any atom is -0.473 e. The number of thiazole rings is 1. The highest BCUT2D eigenvalue weighted by atomic mass is 32.1. The summed E-state index contributed by atoms with van der Waals surface area (Å²) in [5.41, 5.74) is 6.59. The first-order chi connectivity index (χ1) is 14.7. The first-order valence-corrected chi connectivity index (χ1v) is 10.1. The molecule has 1 aliphatic rings. The van der Waals surface area contributed by atoms with Crippen molar-refractivity contribution in [3.63, 3.8) is 0 Å². The van der Waals surface area contributed by atoms with Crippen molar-refractivity contribution in [3.8, 4) is 28.4 Å². The lowest BCUT2D eigenvalue weighted by molar-refractivity contribution is 0.180. The van der Waals surface area contributed by atoms with Gasteiger partial charge in [0, 0.05) is 13.5 Å². The molecule has 0 fully saturated rings. The maximum absolute atomic E-state index is 5.34. The lowest BCUT2D eigenvalue weighted by atomic mass is 10.1. The molecule has 1 aliphatic heterocycles. The largest absolute Gasteiger partial charge is 0.473 e. The molecule has 4 aromatic rings. The second kappa shape index (κ2) is 7.40. The number of aromatic nitrogens is 6. The number of rotatable bonds is 3. The number of benzene rings is 1. The van der Waals surface area contributed by atoms with Gasteiger partial charge in [0.25, 0.3) is 5.19 Å². The van der Waals surface area contributed by atoms with E-state index in [1.54, 1.807) is 20.4 Å². The normalized spacial score (nSPS) is 11.7. The number of ether oxygens (including phenoxy) is 2. The van der Waals surface area contributed by atoms with Crippen LogP contribution in [0.3, 0.4) is 0 Å². The number of hydrogen-bond donors (Lipinski definition) is 0. The Morgan fingerprint density at radius 1 is 1.13 bits per heavy atom. The van der Waals surface area contributed by atoms with Gasteiger partial charge in [-0.25, -0.2) is 14.6 Å². The molecule has 0 saturated heterocycles. The van der Waals surface area contributed by atoms with Gasteiger partial charge in [-0.05, 0) is 36.5 Å². The van der Waals surface area contributed by atoms with Crippen LogP contribution in [0.1, 0.15) is 33.2 Å². The molecule has 0 radical (unpaired) electrons. The zero-order valence-electron chi connectivity index (χ0n) is 16.7. The predicted molar refractivity (Wildman–Crippen MR) is 111 cm³/mol. The van der Waals surface area contributed by atoms with Crippen molar-refractivity contribution in [3.05, 3.63) is 63.9 Å². The second-order valence-electron chi connectivity index (χ2n) is 6.85. The molecule has 0 N–H and O–H groups in total. The number of hydrogen-bond acceptors (Lipinski definition) is 7. The van der Waals surface area contributed by atoms with Crippen LogP contribution in [0.15, 0.2) is 30.7 Å². The van der Waals surface area contributed by atoms with Crippen LogP contribution in [-0.2, 0) is 17.8 Å². The number of aryl methyl sites for hydroxylation is 1. The summed E-state index contributed by atoms with van der Waals surface area (Å²) in [4.78, 5) is 9.59. The van der Waals surface area contributed by atoms with Crippen molar-refractivity contribution in [1.82, 2.24) is 29.5 Å². The Hall–Kier alpha value is -3.48. The fraction of sp³-hybridized carbons (Fsp3) is 0.238. The average Bonchev–Trinajstić information content (AvgIpc) is 3.45. The number of imidazole rings is 1. The van der Waals surface area contributed by atoms with Gasteiger partial charge in [-0.15, -0.1) is 5.10 Å². The van der Waals surface area contributed by atoms with E-state index in [0.29, 0.717) is 23.9 Å². The summed E-state index contributed by atoms with van der Waals surface area (Å²) in [6.07, 6.45) is 4.12. The summed E-state index contributed by atoms with van der Waals surface area (Å²) in [7, 11) is 3.25. The van der Waals surface area contributed by atoms with Crippen LogP contribution in [0.25, 0.3) is 11.4 Å². The number of fused-ring (bicyclic) bond motifs is 5. The van der Waals surface area contributed by atoms with E-state index in [9.17, 15) is 0 Å². The standard InChI is InChI=1S/C21H18N6O2S/c1-13-4-7-17-20(8-13)27-19(16(11-28-2)24-25-27)9-18-15(23-12-26(17)18)6-5-14-10-22-21(29-3)30-14/h4,7-8,10,12H,9,11H2,1-3H3. The Morgan fingerprint density at radius 2 is 2.03 bits per heavy atom. The molecule has 0 spiro atoms. The SMILES string of the molecule is COCc1nnn2c1Cc1c(C#Cc3cnc(OC)s3)ncn1-c1ccc(C)cc1-2. The minimum atomic E-state index is 0.395. The van der Waals surface area contributed by atoms with Crippen molar-refractivity contribution in [2.45, 2.75) is 20.0 Å². The van der Waals surface area contributed by atoms with Crippen molar-refractivity contribution < 1.29 is 9.47 Å². The molecular weight excluding hydrogens is 400 g/mol. The molecule has 150 valence electrons. The van der Waals surface area contributed by atoms with E-state index in [0.717, 1.165) is 38.9 Å². The highest BCUT2D eigenvalue weighted by Gasteiger charge is 2.25. The fourth-order valence-corrected chi connectivity index (χ4v) is 4.09. The zero-order valence-corrected chi connectivity index (χ0v) is 17.5. The van der Waals surface area contributed by atoms with Crippen LogP contribution in [0.5, 0.6) is 5.19 Å². The summed E-state index contributed by atoms with van der Waals surface area (Å²) in [5.74, 6) is 6.35. The molecule has 8 nitrogen and oxygen atoms in total. The Morgan fingerprint density at radius 3 is 2.83 bits per heavy atom. The molecule has 0 aliphatic carbocycles. The Kier molecular flexibility index (Phi) is 4.58. The van der Waals surface area contributed by atoms with E-state index in [1.165, 1.54) is 11.3 Å². The lowest BCUT2D eigenvalue weighted by Crippen LogP contribution is -2.04. The molecule has 0 amide bonds. The maximum Gasteiger partial charge on any atom is 0.274 e. The van der Waals surface area contributed by atoms with Gasteiger partial charge in [-0.1, -0.05) is 22.6 Å². The number of methoxy groups -OCH3 is 2. The van der Waals surface area contributed by atoms with Gasteiger partial charge < -0.3 is 9.47 Å². The van der Waals surface area contributed by atoms with Crippen LogP contribution < -0.4 is 4.74 Å². The van der Waals surface area contributed by atoms with Gasteiger partial charge in [-0.3, -0.25) is 4.57 Å². The van der Waals surface area contributed by atoms with Crippen LogP contribution in [0, 0.1) is 18.8 Å². The summed E-state index contributed by atoms with van der Waals surface area (Å²) in [6.45, 7) is 2.46. The molecule has 0 saturated carbocycles. The highest BCUT2D eigenvalue weighted by molar-refractivity contribution is 7.13. The van der Waals surface area contributed by atoms with E-state index in [2.05, 4.69) is 61.8 Å². The topological polar surface area (TPSA) is 79.9 Å². The number of nitrogens with zero attached hydrogens (tertiary/aromatic N) is 6. The van der Waals surface area contributed by atoms with E-state index >= 15 is 0 Å². The van der Waals surface area contributed by atoms with Gasteiger partial charge in [0.05, 0.1) is 42.7 Å². The third kappa shape index (κ3) is 3.07. The van der Waals surface area contributed by atoms with Gasteiger partial charge in [0.15, 0.2) is 0 Å². The molecule has 0 unspecified atom stereocenters. The van der Waals surface area contributed by atoms with Crippen molar-refractivity contribution in [2.24, 2.45) is 0 Å². The van der Waals surface area contributed by atoms with Crippen LogP contribution in [0.4, 0.5) is 0 Å². The summed E-state index contributed by atoms with van der Waals surface area (Å²) >= 11 is 1.40. The average molecular weight is 418 g/mol. The molecule has 1 aromatic carbocycles. The maximum atomic E-state index is 5.34. The zero-order chi connectivity index (χ0) is 20.7. The molecule has 3 aromatic heterocycles. The van der Waals surface area contributed by atoms with E-state index < -0.39 is 0 Å². The lowest BCUT2D eigenvalue weighted by Gasteiger charge is -2.10. The summed E-state index contributed by atoms with van der Waals surface area (Å²) in [6, 6.07) is 6.26. The highest BCUT2D eigenvalue weighted by Crippen LogP contribution is 2.30. The van der Waals surface area contributed by atoms with Crippen molar-refractivity contribution in [1.29, 1.82) is 0 Å². The van der Waals surface area contributed by atoms with Crippen molar-refractivity contribution in [2.75, 3.05) is 14.2 Å². The molecule has 5 rings (SSSR count). The smallest absolute Gasteiger partial charge is 0.274 e. The Labute approximate surface area is 177 Å². The monoisotopic (exact) mass is 418 g/mol. The molecule has 9 heteroatoms. The first-order valence-electron chi connectivity index (χ1n) is 9.29. The van der Waals surface area contributed by atoms with Gasteiger partial charge in [0.1, 0.15) is 22.6 Å². The summed E-state index contributed by atoms with van der Waals surface area (Å²) < 4.78 is 14.5. The van der Waals surface area contributed by atoms with E-state index in [4.69, 9.17) is 9.47 Å². The Bertz CT molecular complexity index is 1310. The van der Waals surface area contributed by atoms with E-state index in [1.807, 2.05) is 11.0 Å². The molecule has 4 heterocycles. The van der Waals surface area contributed by atoms with Gasteiger partial charge in [0.2, 0.25) is 0 Å². The third-order valence-electron chi connectivity index (χ3n) is 4.91. The Balaban J connectivity index is 1.66. The minimum absolute atomic E-state index is 0.395. The first kappa shape index (κ1) is 18.5. The fourth-order valence-electron chi connectivity index (χ4n) is 3.50. The molecule has 30 heavy (non-hydrogen) atoms. The second-order valence-corrected chi connectivity index (χ2v) is 7.84. The van der Waals surface area contributed by atoms with Crippen LogP contribution >= 0.6 is 11.3 Å². The van der Waals surface area contributed by atoms with Crippen LogP contribution in [0.2, 0.25) is 0 Å². The van der Waals surface area contributed by atoms with Gasteiger partial charge in [-0.2, -0.15) is 0 Å². The molecule has 0 bridgehead atoms. The van der Waals surface area contributed by atoms with Crippen LogP contribution in [-0.4, -0.2) is 43.7 Å². The third-order valence-corrected chi connectivity index (χ3v) is 5.78. The van der Waals surface area contributed by atoms with Crippen molar-refractivity contribution >= 4 is 11.3 Å².